The van der Waals surface area contributed by atoms with E-state index < -0.39 is 5.60 Å². The predicted molar refractivity (Wildman–Crippen MR) is 77.8 cm³/mol. The van der Waals surface area contributed by atoms with Gasteiger partial charge in [0.15, 0.2) is 0 Å². The van der Waals surface area contributed by atoms with Crippen LogP contribution in [0.5, 0.6) is 0 Å². The van der Waals surface area contributed by atoms with E-state index in [-0.39, 0.29) is 17.9 Å². The van der Waals surface area contributed by atoms with Gasteiger partial charge in [-0.2, -0.15) is 0 Å². The van der Waals surface area contributed by atoms with E-state index in [1.807, 2.05) is 25.7 Å². The molecule has 1 saturated heterocycles. The van der Waals surface area contributed by atoms with E-state index in [4.69, 9.17) is 9.47 Å². The number of carbonyl (C=O) groups excluding carboxylic acids is 2. The van der Waals surface area contributed by atoms with Gasteiger partial charge in [-0.05, 0) is 33.6 Å². The summed E-state index contributed by atoms with van der Waals surface area (Å²) in [5.74, 6) is -0.211. The minimum Gasteiger partial charge on any atom is -0.460 e. The van der Waals surface area contributed by atoms with Crippen LogP contribution in [0.25, 0.3) is 0 Å². The van der Waals surface area contributed by atoms with Crippen LogP contribution in [0, 0.1) is 0 Å². The van der Waals surface area contributed by atoms with Gasteiger partial charge in [0.2, 0.25) is 5.91 Å². The van der Waals surface area contributed by atoms with Crippen molar-refractivity contribution in [2.45, 2.75) is 57.7 Å². The largest absolute Gasteiger partial charge is 0.460 e. The van der Waals surface area contributed by atoms with Crippen molar-refractivity contribution in [1.82, 2.24) is 10.2 Å². The zero-order valence-corrected chi connectivity index (χ0v) is 13.2. The first-order chi connectivity index (χ1) is 9.85. The summed E-state index contributed by atoms with van der Waals surface area (Å²) in [6.07, 6.45) is 2.43. The third-order valence-corrected chi connectivity index (χ3v) is 3.49. The molecule has 1 amide bonds. The van der Waals surface area contributed by atoms with E-state index in [0.717, 1.165) is 12.8 Å². The number of rotatable bonds is 5. The Balaban J connectivity index is 1.80. The number of carbonyl (C=O) groups is 2. The van der Waals surface area contributed by atoms with E-state index in [9.17, 15) is 9.59 Å². The molecule has 1 unspecified atom stereocenters. The Morgan fingerprint density at radius 3 is 2.67 bits per heavy atom. The summed E-state index contributed by atoms with van der Waals surface area (Å²) in [5, 5.41) is 3.00. The van der Waals surface area contributed by atoms with Crippen LogP contribution in [0.1, 0.15) is 40.0 Å². The van der Waals surface area contributed by atoms with E-state index in [1.54, 1.807) is 0 Å². The molecule has 0 bridgehead atoms. The van der Waals surface area contributed by atoms with Gasteiger partial charge in [-0.25, -0.2) is 0 Å². The van der Waals surface area contributed by atoms with Gasteiger partial charge in [-0.1, -0.05) is 0 Å². The fourth-order valence-corrected chi connectivity index (χ4v) is 2.30. The predicted octanol–water partition coefficient (Wildman–Crippen LogP) is 0.698. The molecule has 0 radical (unpaired) electrons. The third kappa shape index (κ3) is 5.63. The van der Waals surface area contributed by atoms with Gasteiger partial charge < -0.3 is 14.8 Å². The second-order valence-electron chi connectivity index (χ2n) is 6.75. The Morgan fingerprint density at radius 2 is 2.05 bits per heavy atom. The highest BCUT2D eigenvalue weighted by Crippen LogP contribution is 2.20. The van der Waals surface area contributed by atoms with Crippen molar-refractivity contribution in [2.24, 2.45) is 0 Å². The van der Waals surface area contributed by atoms with Gasteiger partial charge >= 0.3 is 5.97 Å². The summed E-state index contributed by atoms with van der Waals surface area (Å²) in [6.45, 7) is 7.75. The average Bonchev–Trinajstić information content (AvgIpc) is 3.18. The smallest absolute Gasteiger partial charge is 0.307 e. The van der Waals surface area contributed by atoms with Crippen molar-refractivity contribution in [3.05, 3.63) is 0 Å². The molecule has 0 aromatic rings. The molecule has 1 N–H and O–H groups in total. The molecule has 1 heterocycles. The summed E-state index contributed by atoms with van der Waals surface area (Å²) >= 11 is 0. The summed E-state index contributed by atoms with van der Waals surface area (Å²) in [6, 6.07) is 0.0499. The van der Waals surface area contributed by atoms with Crippen LogP contribution >= 0.6 is 0 Å². The average molecular weight is 298 g/mol. The Morgan fingerprint density at radius 1 is 1.33 bits per heavy atom. The number of hydrogen-bond donors (Lipinski definition) is 1. The van der Waals surface area contributed by atoms with Gasteiger partial charge in [-0.15, -0.1) is 0 Å². The van der Waals surface area contributed by atoms with Gasteiger partial charge in [0.25, 0.3) is 0 Å². The van der Waals surface area contributed by atoms with E-state index in [1.165, 1.54) is 0 Å². The fraction of sp³-hybridized carbons (Fsp3) is 0.867. The second-order valence-corrected chi connectivity index (χ2v) is 6.75. The van der Waals surface area contributed by atoms with Crippen molar-refractivity contribution in [3.63, 3.8) is 0 Å². The van der Waals surface area contributed by atoms with Crippen LogP contribution in [0.15, 0.2) is 0 Å². The summed E-state index contributed by atoms with van der Waals surface area (Å²) < 4.78 is 10.7. The Kier molecular flexibility index (Phi) is 5.22. The molecule has 2 rings (SSSR count). The Labute approximate surface area is 126 Å². The van der Waals surface area contributed by atoms with E-state index in [0.29, 0.717) is 38.8 Å². The SMILES string of the molecule is CC(C)(C)OC(=O)CCN1CCOCC1C(=O)NC1CC1. The molecule has 0 spiro atoms. The number of ether oxygens (including phenoxy) is 2. The summed E-state index contributed by atoms with van der Waals surface area (Å²) in [4.78, 5) is 26.0. The van der Waals surface area contributed by atoms with Gasteiger partial charge in [0.1, 0.15) is 11.6 Å². The van der Waals surface area contributed by atoms with Gasteiger partial charge in [0.05, 0.1) is 19.6 Å². The number of nitrogens with zero attached hydrogens (tertiary/aromatic N) is 1. The highest BCUT2D eigenvalue weighted by molar-refractivity contribution is 5.82. The summed E-state index contributed by atoms with van der Waals surface area (Å²) in [7, 11) is 0. The molecule has 120 valence electrons. The van der Waals surface area contributed by atoms with Crippen molar-refractivity contribution in [2.75, 3.05) is 26.3 Å². The van der Waals surface area contributed by atoms with Crippen LogP contribution in [-0.2, 0) is 19.1 Å². The Bertz CT molecular complexity index is 388. The monoisotopic (exact) mass is 298 g/mol. The maximum atomic E-state index is 12.2. The third-order valence-electron chi connectivity index (χ3n) is 3.49. The van der Waals surface area contributed by atoms with Crippen LogP contribution in [0.4, 0.5) is 0 Å². The number of amides is 1. The van der Waals surface area contributed by atoms with Crippen LogP contribution < -0.4 is 5.32 Å². The fourth-order valence-electron chi connectivity index (χ4n) is 2.30. The lowest BCUT2D eigenvalue weighted by atomic mass is 10.2. The van der Waals surface area contributed by atoms with Crippen molar-refractivity contribution < 1.29 is 19.1 Å². The van der Waals surface area contributed by atoms with Gasteiger partial charge in [-0.3, -0.25) is 14.5 Å². The molecule has 1 atom stereocenters. The maximum Gasteiger partial charge on any atom is 0.307 e. The molecule has 0 aromatic heterocycles. The van der Waals surface area contributed by atoms with Crippen LogP contribution in [0.3, 0.4) is 0 Å². The second kappa shape index (κ2) is 6.75. The maximum absolute atomic E-state index is 12.2. The molecule has 6 nitrogen and oxygen atoms in total. The Hall–Kier alpha value is -1.14. The van der Waals surface area contributed by atoms with E-state index in [2.05, 4.69) is 5.32 Å². The van der Waals surface area contributed by atoms with E-state index >= 15 is 0 Å². The lowest BCUT2D eigenvalue weighted by Crippen LogP contribution is -2.54. The number of hydrogen-bond acceptors (Lipinski definition) is 5. The molecule has 2 fully saturated rings. The molecule has 6 heteroatoms. The highest BCUT2D eigenvalue weighted by Gasteiger charge is 2.33. The summed E-state index contributed by atoms with van der Waals surface area (Å²) in [5.41, 5.74) is -0.467. The van der Waals surface area contributed by atoms with Crippen LogP contribution in [-0.4, -0.2) is 60.8 Å². The number of esters is 1. The lowest BCUT2D eigenvalue weighted by Gasteiger charge is -2.34. The number of nitrogens with one attached hydrogen (secondary N) is 1. The lowest BCUT2D eigenvalue weighted by molar-refractivity contribution is -0.156. The van der Waals surface area contributed by atoms with Gasteiger partial charge in [0, 0.05) is 19.1 Å². The highest BCUT2D eigenvalue weighted by atomic mass is 16.6. The van der Waals surface area contributed by atoms with Crippen molar-refractivity contribution >= 4 is 11.9 Å². The molecule has 2 aliphatic rings. The molecular formula is C15H26N2O4. The standard InChI is InChI=1S/C15H26N2O4/c1-15(2,3)21-13(18)6-7-17-8-9-20-10-12(17)14(19)16-11-4-5-11/h11-12H,4-10H2,1-3H3,(H,16,19). The number of morpholine rings is 1. The minimum absolute atomic E-state index is 0.0152. The molecule has 21 heavy (non-hydrogen) atoms. The zero-order valence-electron chi connectivity index (χ0n) is 13.2. The molecule has 1 aliphatic carbocycles. The molecule has 1 aliphatic heterocycles. The first kappa shape index (κ1) is 16.2. The van der Waals surface area contributed by atoms with Crippen molar-refractivity contribution in [3.8, 4) is 0 Å². The minimum atomic E-state index is -0.467. The van der Waals surface area contributed by atoms with Crippen molar-refractivity contribution in [1.29, 1.82) is 0 Å². The first-order valence-electron chi connectivity index (χ1n) is 7.69. The normalized spacial score (nSPS) is 23.7. The topological polar surface area (TPSA) is 67.9 Å². The first-order valence-corrected chi connectivity index (χ1v) is 7.69. The molecule has 0 aromatic carbocycles. The molecule has 1 saturated carbocycles. The molecular weight excluding hydrogens is 272 g/mol. The quantitative estimate of drug-likeness (QED) is 0.757. The zero-order chi connectivity index (χ0) is 15.5. The van der Waals surface area contributed by atoms with Crippen LogP contribution in [0.2, 0.25) is 0 Å².